The third-order valence-corrected chi connectivity index (χ3v) is 4.25. The van der Waals surface area contributed by atoms with Crippen molar-refractivity contribution < 1.29 is 14.3 Å². The predicted octanol–water partition coefficient (Wildman–Crippen LogP) is 4.24. The van der Waals surface area contributed by atoms with Gasteiger partial charge in [0.05, 0.1) is 15.7 Å². The number of carbonyl (C=O) groups excluding carboxylic acids is 2. The van der Waals surface area contributed by atoms with E-state index in [4.69, 9.17) is 27.9 Å². The maximum atomic E-state index is 12.0. The average molecular weight is 344 g/mol. The van der Waals surface area contributed by atoms with E-state index in [1.165, 1.54) is 18.3 Å². The van der Waals surface area contributed by atoms with Crippen LogP contribution in [0.4, 0.5) is 5.69 Å². The van der Waals surface area contributed by atoms with Gasteiger partial charge >= 0.3 is 5.97 Å². The van der Waals surface area contributed by atoms with E-state index in [0.717, 1.165) is 0 Å². The zero-order chi connectivity index (χ0) is 15.4. The molecule has 1 amide bonds. The van der Waals surface area contributed by atoms with Gasteiger partial charge in [-0.25, -0.2) is 4.79 Å². The molecule has 2 aromatic rings. The van der Waals surface area contributed by atoms with Crippen molar-refractivity contribution in [3.05, 3.63) is 50.6 Å². The molecule has 0 bridgehead atoms. The Morgan fingerprint density at radius 3 is 2.67 bits per heavy atom. The Bertz CT molecular complexity index is 658. The monoisotopic (exact) mass is 343 g/mol. The largest absolute Gasteiger partial charge is 0.448 e. The summed E-state index contributed by atoms with van der Waals surface area (Å²) in [4.78, 5) is 24.2. The van der Waals surface area contributed by atoms with E-state index in [0.29, 0.717) is 15.6 Å². The summed E-state index contributed by atoms with van der Waals surface area (Å²) in [6.07, 6.45) is -0.949. The highest BCUT2D eigenvalue weighted by atomic mass is 35.5. The van der Waals surface area contributed by atoms with Crippen LogP contribution in [0.3, 0.4) is 0 Å². The Labute approximate surface area is 135 Å². The van der Waals surface area contributed by atoms with Gasteiger partial charge < -0.3 is 10.1 Å². The molecule has 1 aromatic carbocycles. The minimum Gasteiger partial charge on any atom is -0.448 e. The third kappa shape index (κ3) is 3.97. The van der Waals surface area contributed by atoms with Crippen molar-refractivity contribution in [1.29, 1.82) is 0 Å². The highest BCUT2D eigenvalue weighted by Crippen LogP contribution is 2.29. The lowest BCUT2D eigenvalue weighted by molar-refractivity contribution is -0.123. The maximum Gasteiger partial charge on any atom is 0.349 e. The number of hydrogen-bond donors (Lipinski definition) is 1. The molecular weight excluding hydrogens is 333 g/mol. The molecule has 1 heterocycles. The Balaban J connectivity index is 2.00. The molecule has 0 spiro atoms. The zero-order valence-electron chi connectivity index (χ0n) is 10.9. The van der Waals surface area contributed by atoms with Crippen LogP contribution in [0.15, 0.2) is 35.7 Å². The summed E-state index contributed by atoms with van der Waals surface area (Å²) >= 11 is 13.1. The lowest BCUT2D eigenvalue weighted by Crippen LogP contribution is -2.29. The molecule has 0 saturated carbocycles. The highest BCUT2D eigenvalue weighted by Gasteiger charge is 2.20. The molecular formula is C14H11Cl2NO3S. The highest BCUT2D eigenvalue weighted by molar-refractivity contribution is 7.11. The van der Waals surface area contributed by atoms with Gasteiger partial charge in [-0.2, -0.15) is 0 Å². The van der Waals surface area contributed by atoms with E-state index < -0.39 is 18.0 Å². The van der Waals surface area contributed by atoms with Gasteiger partial charge in [0.25, 0.3) is 5.91 Å². The quantitative estimate of drug-likeness (QED) is 0.844. The van der Waals surface area contributed by atoms with E-state index in [9.17, 15) is 9.59 Å². The topological polar surface area (TPSA) is 55.4 Å². The van der Waals surface area contributed by atoms with Crippen LogP contribution >= 0.6 is 34.5 Å². The number of rotatable bonds is 4. The van der Waals surface area contributed by atoms with Gasteiger partial charge in [0.15, 0.2) is 6.10 Å². The number of amides is 1. The van der Waals surface area contributed by atoms with E-state index in [2.05, 4.69) is 5.32 Å². The summed E-state index contributed by atoms with van der Waals surface area (Å²) in [6.45, 7) is 1.49. The van der Waals surface area contributed by atoms with Gasteiger partial charge in [0, 0.05) is 0 Å². The van der Waals surface area contributed by atoms with Crippen molar-refractivity contribution in [2.45, 2.75) is 13.0 Å². The standard InChI is InChI=1S/C14H11Cl2NO3S/c1-8(20-14(19)11-6-3-7-21-11)13(18)17-10-5-2-4-9(15)12(10)16/h2-8H,1H3,(H,17,18). The van der Waals surface area contributed by atoms with Crippen LogP contribution in [0, 0.1) is 0 Å². The Kier molecular flexibility index (Phi) is 5.22. The molecule has 110 valence electrons. The Hall–Kier alpha value is -1.56. The summed E-state index contributed by atoms with van der Waals surface area (Å²) in [5, 5.41) is 4.90. The van der Waals surface area contributed by atoms with Gasteiger partial charge in [-0.1, -0.05) is 35.3 Å². The second-order valence-electron chi connectivity index (χ2n) is 4.12. The van der Waals surface area contributed by atoms with Crippen LogP contribution in [0.1, 0.15) is 16.6 Å². The van der Waals surface area contributed by atoms with Gasteiger partial charge in [0.1, 0.15) is 4.88 Å². The molecule has 0 saturated heterocycles. The number of esters is 1. The normalized spacial score (nSPS) is 11.8. The summed E-state index contributed by atoms with van der Waals surface area (Å²) in [6, 6.07) is 8.25. The van der Waals surface area contributed by atoms with Crippen molar-refractivity contribution >= 4 is 52.1 Å². The fraction of sp³-hybridized carbons (Fsp3) is 0.143. The fourth-order valence-corrected chi connectivity index (χ4v) is 2.45. The summed E-state index contributed by atoms with van der Waals surface area (Å²) < 4.78 is 5.08. The molecule has 1 unspecified atom stereocenters. The molecule has 0 aliphatic rings. The van der Waals surface area contributed by atoms with Gasteiger partial charge in [0.2, 0.25) is 0 Å². The van der Waals surface area contributed by atoms with Crippen LogP contribution < -0.4 is 5.32 Å². The smallest absolute Gasteiger partial charge is 0.349 e. The molecule has 1 N–H and O–H groups in total. The molecule has 21 heavy (non-hydrogen) atoms. The second-order valence-corrected chi connectivity index (χ2v) is 5.85. The van der Waals surface area contributed by atoms with E-state index in [-0.39, 0.29) is 5.02 Å². The van der Waals surface area contributed by atoms with Crippen molar-refractivity contribution in [3.63, 3.8) is 0 Å². The molecule has 0 aliphatic carbocycles. The zero-order valence-corrected chi connectivity index (χ0v) is 13.3. The molecule has 7 heteroatoms. The van der Waals surface area contributed by atoms with E-state index in [1.807, 2.05) is 0 Å². The Morgan fingerprint density at radius 2 is 2.00 bits per heavy atom. The molecule has 1 aromatic heterocycles. The fourth-order valence-electron chi connectivity index (χ4n) is 1.50. The molecule has 0 aliphatic heterocycles. The van der Waals surface area contributed by atoms with Gasteiger partial charge in [-0.3, -0.25) is 4.79 Å². The Morgan fingerprint density at radius 1 is 1.24 bits per heavy atom. The van der Waals surface area contributed by atoms with E-state index in [1.54, 1.807) is 35.7 Å². The average Bonchev–Trinajstić information content (AvgIpc) is 2.98. The van der Waals surface area contributed by atoms with Crippen molar-refractivity contribution in [1.82, 2.24) is 0 Å². The molecule has 1 atom stereocenters. The maximum absolute atomic E-state index is 12.0. The number of anilines is 1. The number of thiophene rings is 1. The predicted molar refractivity (Wildman–Crippen MR) is 84.3 cm³/mol. The van der Waals surface area contributed by atoms with Gasteiger partial charge in [-0.15, -0.1) is 11.3 Å². The van der Waals surface area contributed by atoms with Gasteiger partial charge in [-0.05, 0) is 30.5 Å². The van der Waals surface area contributed by atoms with Crippen LogP contribution in [0.25, 0.3) is 0 Å². The molecule has 0 fully saturated rings. The summed E-state index contributed by atoms with van der Waals surface area (Å²) in [7, 11) is 0. The lowest BCUT2D eigenvalue weighted by Gasteiger charge is -2.14. The van der Waals surface area contributed by atoms with Crippen LogP contribution in [0.5, 0.6) is 0 Å². The molecule has 0 radical (unpaired) electrons. The first-order valence-electron chi connectivity index (χ1n) is 5.98. The molecule has 2 rings (SSSR count). The SMILES string of the molecule is CC(OC(=O)c1cccs1)C(=O)Nc1cccc(Cl)c1Cl. The number of hydrogen-bond acceptors (Lipinski definition) is 4. The third-order valence-electron chi connectivity index (χ3n) is 2.58. The van der Waals surface area contributed by atoms with Crippen LogP contribution in [0.2, 0.25) is 10.0 Å². The van der Waals surface area contributed by atoms with Crippen molar-refractivity contribution in [2.24, 2.45) is 0 Å². The van der Waals surface area contributed by atoms with Crippen LogP contribution in [-0.4, -0.2) is 18.0 Å². The van der Waals surface area contributed by atoms with E-state index >= 15 is 0 Å². The lowest BCUT2D eigenvalue weighted by atomic mass is 10.3. The molecule has 4 nitrogen and oxygen atoms in total. The summed E-state index contributed by atoms with van der Waals surface area (Å²) in [5.74, 6) is -1.02. The number of carbonyl (C=O) groups is 2. The van der Waals surface area contributed by atoms with Crippen LogP contribution in [-0.2, 0) is 9.53 Å². The summed E-state index contributed by atoms with van der Waals surface area (Å²) in [5.41, 5.74) is 0.369. The van der Waals surface area contributed by atoms with Crippen molar-refractivity contribution in [3.8, 4) is 0 Å². The second kappa shape index (κ2) is 6.93. The number of ether oxygens (including phenoxy) is 1. The minimum atomic E-state index is -0.949. The number of halogens is 2. The first kappa shape index (κ1) is 15.8. The number of benzene rings is 1. The first-order valence-corrected chi connectivity index (χ1v) is 7.62. The first-order chi connectivity index (χ1) is 9.99. The minimum absolute atomic E-state index is 0.240. The number of nitrogens with one attached hydrogen (secondary N) is 1. The van der Waals surface area contributed by atoms with Crippen molar-refractivity contribution in [2.75, 3.05) is 5.32 Å².